The number of hydrogen-bond donors (Lipinski definition) is 2. The zero-order valence-corrected chi connectivity index (χ0v) is 37.4. The molecule has 0 aromatic carbocycles. The Bertz CT molecular complexity index is 1200. The normalized spacial score (nSPS) is 17.3. The minimum atomic E-state index is -4.40. The monoisotopic (exact) mass is 836 g/mol. The maximum atomic E-state index is 12.6. The second kappa shape index (κ2) is 38.8. The summed E-state index contributed by atoms with van der Waals surface area (Å²) in [6, 6.07) is 0. The van der Waals surface area contributed by atoms with Crippen molar-refractivity contribution in [2.75, 3.05) is 26.4 Å². The third-order valence-corrected chi connectivity index (χ3v) is 10.8. The molecule has 10 nitrogen and oxygen atoms in total. The smallest absolute Gasteiger partial charge is 0.462 e. The number of unbranched alkanes of at least 4 members (excludes halogenated alkanes) is 16. The summed E-state index contributed by atoms with van der Waals surface area (Å²) in [6.07, 6.45) is 48.5. The number of esters is 2. The number of rotatable bonds is 41. The van der Waals surface area contributed by atoms with Crippen molar-refractivity contribution in [3.63, 3.8) is 0 Å². The van der Waals surface area contributed by atoms with E-state index in [-0.39, 0.29) is 44.8 Å². The van der Waals surface area contributed by atoms with Gasteiger partial charge in [-0.2, -0.15) is 0 Å². The molecule has 0 radical (unpaired) electrons. The van der Waals surface area contributed by atoms with Crippen molar-refractivity contribution >= 4 is 19.8 Å². The fourth-order valence-corrected chi connectivity index (χ4v) is 6.99. The minimum Gasteiger partial charge on any atom is -0.462 e. The molecule has 0 aromatic rings. The summed E-state index contributed by atoms with van der Waals surface area (Å²) in [5, 5.41) is 0. The molecular formula is C47H82NO9P. The van der Waals surface area contributed by atoms with Crippen LogP contribution in [0.25, 0.3) is 0 Å². The van der Waals surface area contributed by atoms with Crippen molar-refractivity contribution in [3.05, 3.63) is 60.8 Å². The average molecular weight is 836 g/mol. The van der Waals surface area contributed by atoms with Gasteiger partial charge in [0.15, 0.2) is 6.10 Å². The first-order valence-electron chi connectivity index (χ1n) is 22.9. The van der Waals surface area contributed by atoms with E-state index in [0.717, 1.165) is 57.8 Å². The Balaban J connectivity index is 2.21. The van der Waals surface area contributed by atoms with Crippen LogP contribution in [0.3, 0.4) is 0 Å². The number of ether oxygens (including phenoxy) is 3. The van der Waals surface area contributed by atoms with E-state index in [2.05, 4.69) is 68.5 Å². The fourth-order valence-electron chi connectivity index (χ4n) is 6.23. The van der Waals surface area contributed by atoms with E-state index in [4.69, 9.17) is 29.0 Å². The van der Waals surface area contributed by atoms with Crippen molar-refractivity contribution < 1.29 is 42.3 Å². The van der Waals surface area contributed by atoms with Gasteiger partial charge in [0.25, 0.3) is 0 Å². The largest absolute Gasteiger partial charge is 0.472 e. The topological polar surface area (TPSA) is 147 Å². The van der Waals surface area contributed by atoms with Gasteiger partial charge in [-0.25, -0.2) is 4.57 Å². The summed E-state index contributed by atoms with van der Waals surface area (Å²) in [6.45, 7) is 3.59. The number of nitrogens with two attached hydrogens (primary N) is 1. The molecule has 334 valence electrons. The van der Waals surface area contributed by atoms with Crippen LogP contribution < -0.4 is 5.73 Å². The van der Waals surface area contributed by atoms with Crippen molar-refractivity contribution in [2.24, 2.45) is 5.73 Å². The third kappa shape index (κ3) is 35.6. The SMILES string of the molecule is CCCCC/C=C\C/C=C\CCCCCCCCCCCC(=O)OC[C@H](COP(=O)(O)OCCN)OC(=O)CCC/C=C\CC1OC1C/C=C\C/C=C\CCCCC. The highest BCUT2D eigenvalue weighted by Crippen LogP contribution is 2.43. The van der Waals surface area contributed by atoms with E-state index >= 15 is 0 Å². The van der Waals surface area contributed by atoms with Gasteiger partial charge in [0.1, 0.15) is 6.61 Å². The van der Waals surface area contributed by atoms with Crippen LogP contribution in [-0.4, -0.2) is 61.5 Å². The number of carbonyl (C=O) groups excluding carboxylic acids is 2. The van der Waals surface area contributed by atoms with E-state index in [1.165, 1.54) is 77.0 Å². The van der Waals surface area contributed by atoms with Crippen LogP contribution in [-0.2, 0) is 37.4 Å². The number of phosphoric ester groups is 1. The Morgan fingerprint density at radius 2 is 1.07 bits per heavy atom. The Morgan fingerprint density at radius 1 is 0.603 bits per heavy atom. The summed E-state index contributed by atoms with van der Waals surface area (Å²) >= 11 is 0. The molecule has 58 heavy (non-hydrogen) atoms. The van der Waals surface area contributed by atoms with Crippen molar-refractivity contribution in [2.45, 2.75) is 199 Å². The molecule has 11 heteroatoms. The number of hydrogen-bond acceptors (Lipinski definition) is 9. The summed E-state index contributed by atoms with van der Waals surface area (Å²) in [4.78, 5) is 35.0. The molecule has 1 aliphatic heterocycles. The van der Waals surface area contributed by atoms with Crippen LogP contribution in [0, 0.1) is 0 Å². The van der Waals surface area contributed by atoms with Crippen LogP contribution in [0.5, 0.6) is 0 Å². The second-order valence-electron chi connectivity index (χ2n) is 15.3. The fraction of sp³-hybridized carbons (Fsp3) is 0.745. The van der Waals surface area contributed by atoms with Crippen molar-refractivity contribution in [1.29, 1.82) is 0 Å². The first-order chi connectivity index (χ1) is 28.3. The van der Waals surface area contributed by atoms with Crippen molar-refractivity contribution in [1.82, 2.24) is 0 Å². The van der Waals surface area contributed by atoms with E-state index in [1.54, 1.807) is 0 Å². The van der Waals surface area contributed by atoms with Gasteiger partial charge in [-0.3, -0.25) is 18.6 Å². The van der Waals surface area contributed by atoms with Gasteiger partial charge in [0, 0.05) is 19.4 Å². The molecule has 1 fully saturated rings. The number of allylic oxidation sites excluding steroid dienone is 8. The maximum Gasteiger partial charge on any atom is 0.472 e. The highest BCUT2D eigenvalue weighted by Gasteiger charge is 2.36. The van der Waals surface area contributed by atoms with Gasteiger partial charge in [-0.1, -0.05) is 145 Å². The Labute approximate surface area is 353 Å². The zero-order valence-electron chi connectivity index (χ0n) is 36.5. The molecule has 4 atom stereocenters. The number of epoxide rings is 1. The van der Waals surface area contributed by atoms with Crippen LogP contribution in [0.15, 0.2) is 60.8 Å². The molecule has 0 bridgehead atoms. The van der Waals surface area contributed by atoms with E-state index in [9.17, 15) is 19.0 Å². The molecule has 0 spiro atoms. The predicted octanol–water partition coefficient (Wildman–Crippen LogP) is 12.3. The van der Waals surface area contributed by atoms with Crippen LogP contribution in [0.4, 0.5) is 0 Å². The molecule has 0 saturated carbocycles. The van der Waals surface area contributed by atoms with Gasteiger partial charge in [-0.05, 0) is 83.5 Å². The molecule has 0 aliphatic carbocycles. The quantitative estimate of drug-likeness (QED) is 0.0200. The lowest BCUT2D eigenvalue weighted by atomic mass is 10.1. The zero-order chi connectivity index (χ0) is 42.2. The maximum absolute atomic E-state index is 12.6. The van der Waals surface area contributed by atoms with Crippen LogP contribution in [0.2, 0.25) is 0 Å². The third-order valence-electron chi connectivity index (χ3n) is 9.78. The van der Waals surface area contributed by atoms with Gasteiger partial charge in [0.05, 0.1) is 25.4 Å². The molecule has 3 unspecified atom stereocenters. The Kier molecular flexibility index (Phi) is 36.0. The van der Waals surface area contributed by atoms with Crippen molar-refractivity contribution in [3.8, 4) is 0 Å². The van der Waals surface area contributed by atoms with Crippen LogP contribution in [0.1, 0.15) is 181 Å². The lowest BCUT2D eigenvalue weighted by molar-refractivity contribution is -0.161. The Hall–Kier alpha value is -2.33. The standard InChI is InChI=1S/C47H82NO9P/c1-3-5-7-9-11-13-14-15-16-17-18-19-20-21-22-24-26-28-33-37-46(49)53-41-43(42-55-58(51,52)54-40-39-48)56-47(50)38-34-30-29-32-36-45-44(57-45)35-31-27-25-23-12-10-8-6-4-2/h11-13,15-16,23,27,29,31-32,43-45H,3-10,14,17-22,24-26,28,30,33-42,48H2,1-2H3,(H,51,52)/b13-11-,16-15-,23-12-,31-27-,32-29-/t43-,44?,45?/m1/s1. The summed E-state index contributed by atoms with van der Waals surface area (Å²) in [5.41, 5.74) is 5.35. The first-order valence-corrected chi connectivity index (χ1v) is 24.4. The van der Waals surface area contributed by atoms with Gasteiger partial charge >= 0.3 is 19.8 Å². The number of carbonyl (C=O) groups is 2. The molecule has 3 N–H and O–H groups in total. The average Bonchev–Trinajstić information content (AvgIpc) is 3.97. The van der Waals surface area contributed by atoms with Crippen LogP contribution >= 0.6 is 7.82 Å². The van der Waals surface area contributed by atoms with Gasteiger partial charge in [0.2, 0.25) is 0 Å². The Morgan fingerprint density at radius 3 is 1.64 bits per heavy atom. The molecule has 1 rings (SSSR count). The lowest BCUT2D eigenvalue weighted by Gasteiger charge is -2.19. The summed E-state index contributed by atoms with van der Waals surface area (Å²) < 4.78 is 38.6. The highest BCUT2D eigenvalue weighted by molar-refractivity contribution is 7.47. The highest BCUT2D eigenvalue weighted by atomic mass is 31.2. The van der Waals surface area contributed by atoms with E-state index in [0.29, 0.717) is 19.3 Å². The van der Waals surface area contributed by atoms with Gasteiger partial charge in [-0.15, -0.1) is 0 Å². The summed E-state index contributed by atoms with van der Waals surface area (Å²) in [7, 11) is -4.40. The molecule has 1 aliphatic rings. The van der Waals surface area contributed by atoms with E-state index in [1.807, 2.05) is 6.08 Å². The summed E-state index contributed by atoms with van der Waals surface area (Å²) in [5.74, 6) is -0.909. The predicted molar refractivity (Wildman–Crippen MR) is 237 cm³/mol. The second-order valence-corrected chi connectivity index (χ2v) is 16.8. The van der Waals surface area contributed by atoms with E-state index < -0.39 is 32.5 Å². The molecule has 1 heterocycles. The molecule has 0 aromatic heterocycles. The molecule has 0 amide bonds. The first kappa shape index (κ1) is 53.7. The lowest BCUT2D eigenvalue weighted by Crippen LogP contribution is -2.29. The number of phosphoric acid groups is 1. The molecular weight excluding hydrogens is 753 g/mol. The van der Waals surface area contributed by atoms with Gasteiger partial charge < -0.3 is 24.8 Å². The minimum absolute atomic E-state index is 0.0390. The molecule has 1 saturated heterocycles.